The van der Waals surface area contributed by atoms with Crippen molar-refractivity contribution in [3.05, 3.63) is 48.3 Å². The van der Waals surface area contributed by atoms with Crippen molar-refractivity contribution >= 4 is 21.6 Å². The molecule has 3 nitrogen and oxygen atoms in total. The molecular weight excluding hydrogens is 276 g/mol. The smallest absolute Gasteiger partial charge is 0.188 e. The second-order valence-corrected chi connectivity index (χ2v) is 5.24. The summed E-state index contributed by atoms with van der Waals surface area (Å²) in [6.07, 6.45) is 0. The molecule has 0 N–H and O–H groups in total. The molecule has 1 aromatic heterocycles. The Morgan fingerprint density at radius 3 is 2.70 bits per heavy atom. The lowest BCUT2D eigenvalue weighted by Crippen LogP contribution is -1.98. The number of methoxy groups -OCH3 is 1. The fourth-order valence-corrected chi connectivity index (χ4v) is 2.84. The number of ether oxygens (including phenoxy) is 2. The molecule has 0 spiro atoms. The standard InChI is InChI=1S/C15H12FNO2S/c1-18-9-19-12-6-7-13-14(8-12)20-15(17-13)10-2-4-11(16)5-3-10/h2-8H,9H2,1H3/i16-1. The van der Waals surface area contributed by atoms with E-state index in [-0.39, 0.29) is 12.6 Å². The lowest BCUT2D eigenvalue weighted by atomic mass is 10.2. The van der Waals surface area contributed by atoms with Crippen LogP contribution in [0.25, 0.3) is 20.8 Å². The van der Waals surface area contributed by atoms with Crippen molar-refractivity contribution in [2.45, 2.75) is 0 Å². The van der Waals surface area contributed by atoms with E-state index in [4.69, 9.17) is 9.47 Å². The van der Waals surface area contributed by atoms with Crippen molar-refractivity contribution in [2.24, 2.45) is 0 Å². The van der Waals surface area contributed by atoms with Gasteiger partial charge in [0.25, 0.3) is 0 Å². The van der Waals surface area contributed by atoms with Crippen molar-refractivity contribution in [2.75, 3.05) is 13.9 Å². The molecule has 3 rings (SSSR count). The molecule has 0 fully saturated rings. The van der Waals surface area contributed by atoms with E-state index in [1.165, 1.54) is 12.1 Å². The zero-order valence-corrected chi connectivity index (χ0v) is 11.6. The molecule has 0 aliphatic heterocycles. The summed E-state index contributed by atoms with van der Waals surface area (Å²) in [4.78, 5) is 4.54. The first-order chi connectivity index (χ1) is 9.76. The first kappa shape index (κ1) is 13.0. The largest absolute Gasteiger partial charge is 0.468 e. The minimum atomic E-state index is -0.245. The molecule has 2 aromatic carbocycles. The third-order valence-electron chi connectivity index (χ3n) is 2.79. The van der Waals surface area contributed by atoms with Crippen LogP contribution in [0.15, 0.2) is 42.5 Å². The summed E-state index contributed by atoms with van der Waals surface area (Å²) in [6.45, 7) is 0.217. The van der Waals surface area contributed by atoms with E-state index in [9.17, 15) is 4.39 Å². The summed E-state index contributed by atoms with van der Waals surface area (Å²) in [5.41, 5.74) is 1.81. The topological polar surface area (TPSA) is 31.4 Å². The van der Waals surface area contributed by atoms with Gasteiger partial charge in [0.1, 0.15) is 16.6 Å². The van der Waals surface area contributed by atoms with E-state index in [2.05, 4.69) is 4.98 Å². The predicted molar refractivity (Wildman–Crippen MR) is 77.5 cm³/mol. The normalized spacial score (nSPS) is 10.9. The van der Waals surface area contributed by atoms with Gasteiger partial charge in [-0.25, -0.2) is 9.37 Å². The second-order valence-electron chi connectivity index (χ2n) is 4.21. The number of fused-ring (bicyclic) bond motifs is 1. The fourth-order valence-electron chi connectivity index (χ4n) is 1.84. The van der Waals surface area contributed by atoms with Crippen LogP contribution in [0.5, 0.6) is 5.75 Å². The molecule has 0 amide bonds. The number of rotatable bonds is 4. The van der Waals surface area contributed by atoms with Crippen molar-refractivity contribution in [3.8, 4) is 16.3 Å². The molecule has 102 valence electrons. The zero-order chi connectivity index (χ0) is 13.9. The molecule has 0 aliphatic carbocycles. The number of halogens is 1. The summed E-state index contributed by atoms with van der Waals surface area (Å²) in [5, 5.41) is 0.865. The van der Waals surface area contributed by atoms with Crippen LogP contribution in [-0.4, -0.2) is 18.9 Å². The van der Waals surface area contributed by atoms with Crippen molar-refractivity contribution in [1.29, 1.82) is 0 Å². The number of aromatic nitrogens is 1. The molecular formula is C15H12FNO2S. The lowest BCUT2D eigenvalue weighted by molar-refractivity contribution is 0.0512. The van der Waals surface area contributed by atoms with Crippen molar-refractivity contribution < 1.29 is 13.9 Å². The highest BCUT2D eigenvalue weighted by Gasteiger charge is 2.07. The maximum Gasteiger partial charge on any atom is 0.188 e. The molecule has 0 unspecified atom stereocenters. The van der Waals surface area contributed by atoms with Crippen LogP contribution in [0.2, 0.25) is 0 Å². The van der Waals surface area contributed by atoms with Gasteiger partial charge in [-0.2, -0.15) is 0 Å². The van der Waals surface area contributed by atoms with Gasteiger partial charge in [-0.15, -0.1) is 11.3 Å². The van der Waals surface area contributed by atoms with Crippen LogP contribution >= 0.6 is 11.3 Å². The Balaban J connectivity index is 1.95. The van der Waals surface area contributed by atoms with Crippen LogP contribution in [-0.2, 0) is 4.74 Å². The third-order valence-corrected chi connectivity index (χ3v) is 3.86. The maximum atomic E-state index is 12.9. The summed E-state index contributed by atoms with van der Waals surface area (Å²) < 4.78 is 24.2. The molecule has 0 saturated carbocycles. The molecule has 0 aliphatic rings. The highest BCUT2D eigenvalue weighted by molar-refractivity contribution is 7.21. The third kappa shape index (κ3) is 2.64. The molecule has 0 radical (unpaired) electrons. The average molecular weight is 288 g/mol. The second kappa shape index (κ2) is 5.56. The first-order valence-corrected chi connectivity index (χ1v) is 6.86. The molecule has 0 saturated heterocycles. The Bertz CT molecular complexity index is 724. The molecule has 20 heavy (non-hydrogen) atoms. The molecule has 1 heterocycles. The average Bonchev–Trinajstić information content (AvgIpc) is 2.89. The fraction of sp³-hybridized carbons (Fsp3) is 0.133. The van der Waals surface area contributed by atoms with Gasteiger partial charge in [0.2, 0.25) is 0 Å². The predicted octanol–water partition coefficient (Wildman–Crippen LogP) is 4.09. The minimum absolute atomic E-state index is 0.217. The highest BCUT2D eigenvalue weighted by Crippen LogP contribution is 2.32. The monoisotopic (exact) mass is 288 g/mol. The summed E-state index contributed by atoms with van der Waals surface area (Å²) >= 11 is 1.55. The first-order valence-electron chi connectivity index (χ1n) is 6.04. The van der Waals surface area contributed by atoms with Gasteiger partial charge in [-0.1, -0.05) is 0 Å². The Kier molecular flexibility index (Phi) is 3.62. The van der Waals surface area contributed by atoms with Gasteiger partial charge in [0.05, 0.1) is 10.2 Å². The van der Waals surface area contributed by atoms with Crippen LogP contribution in [0.4, 0.5) is 4.39 Å². The summed E-state index contributed by atoms with van der Waals surface area (Å²) in [7, 11) is 1.58. The van der Waals surface area contributed by atoms with E-state index in [1.54, 1.807) is 30.6 Å². The Hall–Kier alpha value is -1.98. The van der Waals surface area contributed by atoms with Crippen LogP contribution in [0.1, 0.15) is 0 Å². The van der Waals surface area contributed by atoms with Crippen LogP contribution in [0.3, 0.4) is 0 Å². The molecule has 0 bridgehead atoms. The van der Waals surface area contributed by atoms with Gasteiger partial charge in [0.15, 0.2) is 6.79 Å². The Morgan fingerprint density at radius 1 is 1.15 bits per heavy atom. The number of nitrogens with zero attached hydrogens (tertiary/aromatic N) is 1. The van der Waals surface area contributed by atoms with Gasteiger partial charge < -0.3 is 9.47 Å². The lowest BCUT2D eigenvalue weighted by Gasteiger charge is -2.03. The minimum Gasteiger partial charge on any atom is -0.468 e. The molecule has 3 aromatic rings. The number of benzene rings is 2. The van der Waals surface area contributed by atoms with E-state index in [0.29, 0.717) is 0 Å². The molecule has 5 heteroatoms. The van der Waals surface area contributed by atoms with Gasteiger partial charge in [0, 0.05) is 12.7 Å². The summed E-state index contributed by atoms with van der Waals surface area (Å²) in [6, 6.07) is 12.0. The van der Waals surface area contributed by atoms with E-state index in [0.717, 1.165) is 26.5 Å². The van der Waals surface area contributed by atoms with Crippen LogP contribution < -0.4 is 4.74 Å². The molecule has 0 atom stereocenters. The van der Waals surface area contributed by atoms with E-state index >= 15 is 0 Å². The maximum absolute atomic E-state index is 12.9. The zero-order valence-electron chi connectivity index (χ0n) is 10.8. The van der Waals surface area contributed by atoms with Gasteiger partial charge in [-0.05, 0) is 42.5 Å². The number of hydrogen-bond donors (Lipinski definition) is 0. The number of thiazole rings is 1. The van der Waals surface area contributed by atoms with Crippen LogP contribution in [0, 0.1) is 5.82 Å². The van der Waals surface area contributed by atoms with E-state index in [1.807, 2.05) is 18.2 Å². The SMILES string of the molecule is COCOc1ccc2nc(-c3ccc([18F])cc3)sc2c1. The van der Waals surface area contributed by atoms with Gasteiger partial charge in [-0.3, -0.25) is 0 Å². The Morgan fingerprint density at radius 2 is 1.95 bits per heavy atom. The summed E-state index contributed by atoms with van der Waals surface area (Å²) in [5.74, 6) is 0.499. The Labute approximate surface area is 119 Å². The van der Waals surface area contributed by atoms with E-state index < -0.39 is 0 Å². The highest BCUT2D eigenvalue weighted by atomic mass is 32.1. The number of hydrogen-bond acceptors (Lipinski definition) is 4. The van der Waals surface area contributed by atoms with Gasteiger partial charge >= 0.3 is 0 Å². The van der Waals surface area contributed by atoms with Crippen molar-refractivity contribution in [1.82, 2.24) is 4.98 Å². The van der Waals surface area contributed by atoms with Crippen molar-refractivity contribution in [3.63, 3.8) is 0 Å². The quantitative estimate of drug-likeness (QED) is 0.678.